The van der Waals surface area contributed by atoms with Crippen molar-refractivity contribution in [1.29, 1.82) is 0 Å². The second-order valence-electron chi connectivity index (χ2n) is 7.57. The molecule has 0 aromatic heterocycles. The molecule has 1 aliphatic heterocycles. The minimum atomic E-state index is -2.30. The van der Waals surface area contributed by atoms with Crippen molar-refractivity contribution in [3.63, 3.8) is 0 Å². The number of rotatable bonds is 7. The average Bonchev–Trinajstić information content (AvgIpc) is 2.82. The number of anilines is 1. The zero-order valence-corrected chi connectivity index (χ0v) is 18.1. The van der Waals surface area contributed by atoms with E-state index in [0.717, 1.165) is 0 Å². The van der Waals surface area contributed by atoms with E-state index in [2.05, 4.69) is 5.32 Å². The number of nitrogens with one attached hydrogen (secondary N) is 1. The third-order valence-corrected chi connectivity index (χ3v) is 4.91. The summed E-state index contributed by atoms with van der Waals surface area (Å²) in [6.45, 7) is 2.19. The molecule has 0 radical (unpaired) electrons. The van der Waals surface area contributed by atoms with Crippen LogP contribution in [0.3, 0.4) is 0 Å². The molecule has 2 aromatic rings. The molecule has 3 rings (SSSR count). The molecule has 1 aliphatic rings. The summed E-state index contributed by atoms with van der Waals surface area (Å²) in [5.74, 6) is -11.4. The van der Waals surface area contributed by atoms with Crippen LogP contribution in [0.5, 0.6) is 5.75 Å². The van der Waals surface area contributed by atoms with Crippen LogP contribution in [0.4, 0.5) is 27.6 Å². The van der Waals surface area contributed by atoms with E-state index in [9.17, 15) is 31.5 Å². The predicted molar refractivity (Wildman–Crippen MR) is 106 cm³/mol. The van der Waals surface area contributed by atoms with E-state index >= 15 is 0 Å². The van der Waals surface area contributed by atoms with E-state index in [1.807, 2.05) is 0 Å². The molecular formula is C22H20F5NO6. The molecule has 1 heterocycles. The van der Waals surface area contributed by atoms with Crippen molar-refractivity contribution in [2.24, 2.45) is 5.41 Å². The summed E-state index contributed by atoms with van der Waals surface area (Å²) in [6, 6.07) is 6.02. The minimum Gasteiger partial charge on any atom is -0.482 e. The smallest absolute Gasteiger partial charge is 0.344 e. The fourth-order valence-corrected chi connectivity index (χ4v) is 3.00. The van der Waals surface area contributed by atoms with Crippen LogP contribution >= 0.6 is 0 Å². The second kappa shape index (κ2) is 10.3. The Morgan fingerprint density at radius 3 is 2.03 bits per heavy atom. The molecule has 1 fully saturated rings. The molecule has 34 heavy (non-hydrogen) atoms. The minimum absolute atomic E-state index is 0.224. The second-order valence-corrected chi connectivity index (χ2v) is 7.57. The Kier molecular flexibility index (Phi) is 7.72. The van der Waals surface area contributed by atoms with Crippen LogP contribution in [0.25, 0.3) is 0 Å². The van der Waals surface area contributed by atoms with Gasteiger partial charge in [-0.15, -0.1) is 0 Å². The highest BCUT2D eigenvalue weighted by molar-refractivity contribution is 5.95. The van der Waals surface area contributed by atoms with Crippen LogP contribution in [0.1, 0.15) is 25.7 Å². The first kappa shape index (κ1) is 25.4. The van der Waals surface area contributed by atoms with Gasteiger partial charge in [0.05, 0.1) is 30.8 Å². The summed E-state index contributed by atoms with van der Waals surface area (Å²) < 4.78 is 88.5. The van der Waals surface area contributed by atoms with Crippen LogP contribution in [0, 0.1) is 34.5 Å². The molecule has 2 aromatic carbocycles. The third-order valence-electron chi connectivity index (χ3n) is 4.91. The van der Waals surface area contributed by atoms with Crippen molar-refractivity contribution in [3.05, 3.63) is 58.9 Å². The van der Waals surface area contributed by atoms with Crippen molar-refractivity contribution in [2.45, 2.75) is 20.1 Å². The van der Waals surface area contributed by atoms with Crippen LogP contribution in [0.2, 0.25) is 0 Å². The summed E-state index contributed by atoms with van der Waals surface area (Å²) in [6.07, 6.45) is -1.89. The van der Waals surface area contributed by atoms with E-state index in [4.69, 9.17) is 18.9 Å². The van der Waals surface area contributed by atoms with Crippen molar-refractivity contribution in [3.8, 4) is 5.75 Å². The summed E-state index contributed by atoms with van der Waals surface area (Å²) in [4.78, 5) is 24.0. The number of ether oxygens (including phenoxy) is 4. The first-order valence-corrected chi connectivity index (χ1v) is 10.0. The molecule has 0 bridgehead atoms. The molecule has 1 N–H and O–H groups in total. The van der Waals surface area contributed by atoms with E-state index in [0.29, 0.717) is 11.4 Å². The van der Waals surface area contributed by atoms with Crippen LogP contribution in [-0.4, -0.2) is 38.3 Å². The maximum Gasteiger partial charge on any atom is 0.344 e. The lowest BCUT2D eigenvalue weighted by Crippen LogP contribution is -2.45. The van der Waals surface area contributed by atoms with Gasteiger partial charge >= 0.3 is 5.97 Å². The Morgan fingerprint density at radius 1 is 0.971 bits per heavy atom. The lowest BCUT2D eigenvalue weighted by molar-refractivity contribution is -0.228. The van der Waals surface area contributed by atoms with Crippen molar-refractivity contribution >= 4 is 17.6 Å². The number of carbonyl (C=O) groups excluding carboxylic acids is 2. The normalized spacial score (nSPS) is 20.0. The van der Waals surface area contributed by atoms with Gasteiger partial charge in [-0.05, 0) is 38.1 Å². The maximum absolute atomic E-state index is 14.0. The Labute approximate surface area is 190 Å². The molecule has 0 unspecified atom stereocenters. The zero-order chi connectivity index (χ0) is 25.0. The molecule has 0 aliphatic carbocycles. The van der Waals surface area contributed by atoms with Gasteiger partial charge in [-0.25, -0.2) is 26.7 Å². The number of amides is 1. The molecular weight excluding hydrogens is 469 g/mol. The number of benzene rings is 2. The van der Waals surface area contributed by atoms with Crippen molar-refractivity contribution in [2.75, 3.05) is 31.7 Å². The highest BCUT2D eigenvalue weighted by atomic mass is 19.2. The molecule has 1 saturated heterocycles. The van der Waals surface area contributed by atoms with E-state index in [1.165, 1.54) is 31.2 Å². The lowest BCUT2D eigenvalue weighted by atomic mass is 9.90. The molecule has 0 saturated carbocycles. The molecule has 0 atom stereocenters. The fraction of sp³-hybridized carbons (Fsp3) is 0.364. The molecule has 7 nitrogen and oxygen atoms in total. The van der Waals surface area contributed by atoms with E-state index in [1.54, 1.807) is 6.92 Å². The number of esters is 1. The quantitative estimate of drug-likeness (QED) is 0.274. The van der Waals surface area contributed by atoms with Gasteiger partial charge in [-0.2, -0.15) is 0 Å². The zero-order valence-electron chi connectivity index (χ0n) is 18.1. The highest BCUT2D eigenvalue weighted by Crippen LogP contribution is 2.36. The summed E-state index contributed by atoms with van der Waals surface area (Å²) in [7, 11) is 0. The van der Waals surface area contributed by atoms with Gasteiger partial charge in [-0.3, -0.25) is 4.79 Å². The Hall–Kier alpha value is -3.25. The maximum atomic E-state index is 14.0. The molecule has 1 amide bonds. The van der Waals surface area contributed by atoms with Crippen molar-refractivity contribution in [1.82, 2.24) is 0 Å². The van der Waals surface area contributed by atoms with Crippen LogP contribution in [-0.2, 0) is 23.8 Å². The lowest BCUT2D eigenvalue weighted by Gasteiger charge is -2.36. The van der Waals surface area contributed by atoms with Gasteiger partial charge in [0.25, 0.3) is 0 Å². The Bertz CT molecular complexity index is 1040. The summed E-state index contributed by atoms with van der Waals surface area (Å²) >= 11 is 0. The van der Waals surface area contributed by atoms with Gasteiger partial charge in [-0.1, -0.05) is 0 Å². The predicted octanol–water partition coefficient (Wildman–Crippen LogP) is 4.01. The topological polar surface area (TPSA) is 83.1 Å². The van der Waals surface area contributed by atoms with Crippen molar-refractivity contribution < 1.29 is 50.5 Å². The molecule has 184 valence electrons. The van der Waals surface area contributed by atoms with E-state index < -0.39 is 71.4 Å². The standard InChI is InChI=1S/C22H20F5NO6/c1-3-31-13(29)8-32-12-6-4-11(5-7-12)28-21(30)22(2)9-33-20(34-10-22)14-15(23)17(25)19(27)18(26)16(14)24/h4-7,20H,3,8-10H2,1-2H3,(H,28,30). The highest BCUT2D eigenvalue weighted by Gasteiger charge is 2.42. The largest absolute Gasteiger partial charge is 0.482 e. The monoisotopic (exact) mass is 489 g/mol. The van der Waals surface area contributed by atoms with E-state index in [-0.39, 0.29) is 13.2 Å². The number of hydrogen-bond donors (Lipinski definition) is 1. The first-order valence-electron chi connectivity index (χ1n) is 10.0. The molecule has 12 heteroatoms. The SMILES string of the molecule is CCOC(=O)COc1ccc(NC(=O)C2(C)COC(c3c(F)c(F)c(F)c(F)c3F)OC2)cc1. The van der Waals surface area contributed by atoms with Crippen LogP contribution in [0.15, 0.2) is 24.3 Å². The van der Waals surface area contributed by atoms with Crippen LogP contribution < -0.4 is 10.1 Å². The van der Waals surface area contributed by atoms with Gasteiger partial charge in [0.15, 0.2) is 36.2 Å². The fourth-order valence-electron chi connectivity index (χ4n) is 3.00. The summed E-state index contributed by atoms with van der Waals surface area (Å²) in [5, 5.41) is 2.60. The van der Waals surface area contributed by atoms with Gasteiger partial charge in [0, 0.05) is 5.69 Å². The Balaban J connectivity index is 1.61. The number of carbonyl (C=O) groups is 2. The number of hydrogen-bond acceptors (Lipinski definition) is 6. The number of halogens is 5. The summed E-state index contributed by atoms with van der Waals surface area (Å²) in [5.41, 5.74) is -2.24. The van der Waals surface area contributed by atoms with Gasteiger partial charge in [0.1, 0.15) is 5.75 Å². The van der Waals surface area contributed by atoms with Gasteiger partial charge < -0.3 is 24.3 Å². The third kappa shape index (κ3) is 5.28. The Morgan fingerprint density at radius 2 is 1.50 bits per heavy atom. The average molecular weight is 489 g/mol. The molecule has 0 spiro atoms. The first-order chi connectivity index (χ1) is 16.1. The van der Waals surface area contributed by atoms with Gasteiger partial charge in [0.2, 0.25) is 11.7 Å².